The van der Waals surface area contributed by atoms with Crippen LogP contribution in [0.2, 0.25) is 0 Å². The zero-order valence-corrected chi connectivity index (χ0v) is 11.6. The van der Waals surface area contributed by atoms with Gasteiger partial charge in [-0.3, -0.25) is 0 Å². The molecule has 0 aliphatic heterocycles. The molecule has 0 heterocycles. The van der Waals surface area contributed by atoms with E-state index in [0.29, 0.717) is 5.41 Å². The van der Waals surface area contributed by atoms with Gasteiger partial charge in [-0.15, -0.1) is 0 Å². The molecule has 0 saturated heterocycles. The Kier molecular flexibility index (Phi) is 4.39. The fraction of sp³-hybridized carbons (Fsp3) is 0.625. The van der Waals surface area contributed by atoms with Crippen molar-refractivity contribution in [2.24, 2.45) is 5.41 Å². The van der Waals surface area contributed by atoms with Gasteiger partial charge in [0.25, 0.3) is 0 Å². The second-order valence-corrected chi connectivity index (χ2v) is 6.05. The highest BCUT2D eigenvalue weighted by Gasteiger charge is 2.25. The van der Waals surface area contributed by atoms with Crippen LogP contribution in [0.1, 0.15) is 50.2 Å². The van der Waals surface area contributed by atoms with Crippen LogP contribution in [0.4, 0.5) is 4.39 Å². The van der Waals surface area contributed by atoms with E-state index in [1.54, 1.807) is 12.1 Å². The van der Waals surface area contributed by atoms with E-state index < -0.39 is 0 Å². The van der Waals surface area contributed by atoms with Gasteiger partial charge in [-0.1, -0.05) is 32.3 Å². The van der Waals surface area contributed by atoms with Gasteiger partial charge in [-0.2, -0.15) is 0 Å². The molecular formula is C16H24FN. The van der Waals surface area contributed by atoms with Crippen molar-refractivity contribution < 1.29 is 4.39 Å². The van der Waals surface area contributed by atoms with E-state index in [0.717, 1.165) is 18.7 Å². The van der Waals surface area contributed by atoms with Crippen molar-refractivity contribution in [2.75, 3.05) is 6.54 Å². The Bertz CT molecular complexity index is 394. The van der Waals surface area contributed by atoms with Crippen LogP contribution >= 0.6 is 0 Å². The highest BCUT2D eigenvalue weighted by molar-refractivity contribution is 5.26. The molecule has 18 heavy (non-hydrogen) atoms. The summed E-state index contributed by atoms with van der Waals surface area (Å²) in [7, 11) is 0. The van der Waals surface area contributed by atoms with Gasteiger partial charge in [-0.05, 0) is 48.4 Å². The molecule has 0 radical (unpaired) electrons. The predicted octanol–water partition coefficient (Wildman–Crippen LogP) is 4.19. The number of nitrogens with one attached hydrogen (secondary N) is 1. The number of hydrogen-bond donors (Lipinski definition) is 1. The highest BCUT2D eigenvalue weighted by Crippen LogP contribution is 2.34. The Morgan fingerprint density at radius 2 is 1.94 bits per heavy atom. The first kappa shape index (κ1) is 13.5. The van der Waals surface area contributed by atoms with Gasteiger partial charge >= 0.3 is 0 Å². The molecule has 0 aromatic heterocycles. The Morgan fingerprint density at radius 1 is 1.22 bits per heavy atom. The summed E-state index contributed by atoms with van der Waals surface area (Å²) in [5, 5.41) is 3.55. The van der Waals surface area contributed by atoms with E-state index >= 15 is 0 Å². The Morgan fingerprint density at radius 3 is 2.61 bits per heavy atom. The van der Waals surface area contributed by atoms with Crippen LogP contribution in [0.15, 0.2) is 18.2 Å². The lowest BCUT2D eigenvalue weighted by Crippen LogP contribution is -2.33. The van der Waals surface area contributed by atoms with Crippen molar-refractivity contribution in [2.45, 2.75) is 52.5 Å². The average Bonchev–Trinajstić information content (AvgIpc) is 2.33. The van der Waals surface area contributed by atoms with Crippen molar-refractivity contribution in [3.8, 4) is 0 Å². The summed E-state index contributed by atoms with van der Waals surface area (Å²) in [5.41, 5.74) is 2.71. The van der Waals surface area contributed by atoms with Gasteiger partial charge in [0.2, 0.25) is 0 Å². The maximum atomic E-state index is 13.0. The van der Waals surface area contributed by atoms with Crippen LogP contribution in [0.3, 0.4) is 0 Å². The Balaban J connectivity index is 1.84. The second kappa shape index (κ2) is 5.83. The average molecular weight is 249 g/mol. The van der Waals surface area contributed by atoms with Crippen LogP contribution < -0.4 is 5.32 Å². The molecule has 1 nitrogen and oxygen atoms in total. The Labute approximate surface area is 110 Å². The maximum absolute atomic E-state index is 13.0. The molecule has 0 bridgehead atoms. The fourth-order valence-electron chi connectivity index (χ4n) is 2.94. The molecule has 1 saturated carbocycles. The zero-order valence-electron chi connectivity index (χ0n) is 11.6. The van der Waals surface area contributed by atoms with Gasteiger partial charge < -0.3 is 5.32 Å². The van der Waals surface area contributed by atoms with Gasteiger partial charge in [0, 0.05) is 13.1 Å². The molecule has 1 N–H and O–H groups in total. The van der Waals surface area contributed by atoms with E-state index in [-0.39, 0.29) is 5.82 Å². The third-order valence-electron chi connectivity index (χ3n) is 4.23. The van der Waals surface area contributed by atoms with Crippen LogP contribution in [0.5, 0.6) is 0 Å². The fourth-order valence-corrected chi connectivity index (χ4v) is 2.94. The number of rotatable bonds is 4. The van der Waals surface area contributed by atoms with Gasteiger partial charge in [0.15, 0.2) is 0 Å². The third-order valence-corrected chi connectivity index (χ3v) is 4.23. The monoisotopic (exact) mass is 249 g/mol. The summed E-state index contributed by atoms with van der Waals surface area (Å²) in [4.78, 5) is 0. The molecular weight excluding hydrogens is 225 g/mol. The van der Waals surface area contributed by atoms with E-state index in [4.69, 9.17) is 0 Å². The zero-order chi connectivity index (χ0) is 13.0. The number of hydrogen-bond acceptors (Lipinski definition) is 1. The van der Waals surface area contributed by atoms with Gasteiger partial charge in [0.1, 0.15) is 5.82 Å². The van der Waals surface area contributed by atoms with E-state index in [1.807, 2.05) is 13.0 Å². The van der Waals surface area contributed by atoms with Crippen LogP contribution in [-0.2, 0) is 6.54 Å². The third kappa shape index (κ3) is 3.55. The summed E-state index contributed by atoms with van der Waals surface area (Å²) in [6.07, 6.45) is 6.80. The predicted molar refractivity (Wildman–Crippen MR) is 74.0 cm³/mol. The minimum absolute atomic E-state index is 0.143. The summed E-state index contributed by atoms with van der Waals surface area (Å²) < 4.78 is 13.0. The van der Waals surface area contributed by atoms with Crippen LogP contribution in [0, 0.1) is 18.2 Å². The van der Waals surface area contributed by atoms with Crippen molar-refractivity contribution >= 4 is 0 Å². The topological polar surface area (TPSA) is 12.0 Å². The first-order valence-corrected chi connectivity index (χ1v) is 7.05. The lowest BCUT2D eigenvalue weighted by molar-refractivity contribution is 0.207. The van der Waals surface area contributed by atoms with Crippen molar-refractivity contribution in [1.29, 1.82) is 0 Å². The summed E-state index contributed by atoms with van der Waals surface area (Å²) in [6, 6.07) is 5.05. The minimum atomic E-state index is -0.143. The molecule has 0 atom stereocenters. The number of benzene rings is 1. The number of aryl methyl sites for hydroxylation is 1. The molecule has 1 aromatic carbocycles. The van der Waals surface area contributed by atoms with Gasteiger partial charge in [0.05, 0.1) is 0 Å². The van der Waals surface area contributed by atoms with E-state index in [1.165, 1.54) is 37.7 Å². The summed E-state index contributed by atoms with van der Waals surface area (Å²) >= 11 is 0. The molecule has 2 heteroatoms. The SMILES string of the molecule is Cc1cc(F)ccc1CNCC1(C)CCCCC1. The van der Waals surface area contributed by atoms with Gasteiger partial charge in [-0.25, -0.2) is 4.39 Å². The molecule has 0 amide bonds. The quantitative estimate of drug-likeness (QED) is 0.843. The number of halogens is 1. The van der Waals surface area contributed by atoms with Crippen molar-refractivity contribution in [1.82, 2.24) is 5.32 Å². The molecule has 0 unspecified atom stereocenters. The molecule has 1 aliphatic rings. The first-order chi connectivity index (χ1) is 8.59. The maximum Gasteiger partial charge on any atom is 0.123 e. The smallest absolute Gasteiger partial charge is 0.123 e. The van der Waals surface area contributed by atoms with Crippen LogP contribution in [0.25, 0.3) is 0 Å². The normalized spacial score (nSPS) is 18.8. The second-order valence-electron chi connectivity index (χ2n) is 6.05. The van der Waals surface area contributed by atoms with Crippen LogP contribution in [-0.4, -0.2) is 6.54 Å². The molecule has 1 aromatic rings. The molecule has 100 valence electrons. The lowest BCUT2D eigenvalue weighted by atomic mass is 9.76. The molecule has 1 aliphatic carbocycles. The minimum Gasteiger partial charge on any atom is -0.312 e. The summed E-state index contributed by atoms with van der Waals surface area (Å²) in [5.74, 6) is -0.143. The van der Waals surface area contributed by atoms with Crippen molar-refractivity contribution in [3.05, 3.63) is 35.1 Å². The summed E-state index contributed by atoms with van der Waals surface area (Å²) in [6.45, 7) is 6.28. The Hall–Kier alpha value is -0.890. The molecule has 0 spiro atoms. The molecule has 1 fully saturated rings. The van der Waals surface area contributed by atoms with E-state index in [9.17, 15) is 4.39 Å². The highest BCUT2D eigenvalue weighted by atomic mass is 19.1. The van der Waals surface area contributed by atoms with E-state index in [2.05, 4.69) is 12.2 Å². The van der Waals surface area contributed by atoms with Crippen molar-refractivity contribution in [3.63, 3.8) is 0 Å². The standard InChI is InChI=1S/C16H24FN/c1-13-10-15(17)7-6-14(13)11-18-12-16(2)8-4-3-5-9-16/h6-7,10,18H,3-5,8-9,11-12H2,1-2H3. The largest absolute Gasteiger partial charge is 0.312 e. The first-order valence-electron chi connectivity index (χ1n) is 7.05. The molecule has 2 rings (SSSR count). The lowest BCUT2D eigenvalue weighted by Gasteiger charge is -2.33.